The number of carbonyl (C=O) groups is 2. The summed E-state index contributed by atoms with van der Waals surface area (Å²) in [6, 6.07) is 22.6. The number of nitrogens with one attached hydrogen (secondary N) is 1. The predicted molar refractivity (Wildman–Crippen MR) is 154 cm³/mol. The Morgan fingerprint density at radius 2 is 1.69 bits per heavy atom. The van der Waals surface area contributed by atoms with Gasteiger partial charge in [-0.15, -0.1) is 0 Å². The molecule has 1 N–H and O–H groups in total. The molecule has 9 heteroatoms. The van der Waals surface area contributed by atoms with Crippen molar-refractivity contribution in [2.45, 2.75) is 20.5 Å². The molecular formula is C30H23ClFN3O3S. The van der Waals surface area contributed by atoms with E-state index in [0.717, 1.165) is 17.1 Å². The van der Waals surface area contributed by atoms with Crippen LogP contribution in [0.4, 0.5) is 10.1 Å². The van der Waals surface area contributed by atoms with Crippen molar-refractivity contribution >= 4 is 52.5 Å². The third kappa shape index (κ3) is 5.21. The van der Waals surface area contributed by atoms with Crippen LogP contribution < -0.4 is 15.0 Å². The number of benzene rings is 3. The average Bonchev–Trinajstić information content (AvgIpc) is 3.19. The maximum atomic E-state index is 13.9. The van der Waals surface area contributed by atoms with E-state index in [0.29, 0.717) is 27.6 Å². The minimum Gasteiger partial charge on any atom is -0.489 e. The van der Waals surface area contributed by atoms with Gasteiger partial charge in [-0.25, -0.2) is 4.39 Å². The molecular weight excluding hydrogens is 537 g/mol. The van der Waals surface area contributed by atoms with Crippen LogP contribution in [0.5, 0.6) is 5.75 Å². The Morgan fingerprint density at radius 3 is 2.41 bits per heavy atom. The van der Waals surface area contributed by atoms with Crippen molar-refractivity contribution in [1.82, 2.24) is 9.88 Å². The van der Waals surface area contributed by atoms with Crippen LogP contribution in [-0.2, 0) is 16.2 Å². The molecule has 0 spiro atoms. The van der Waals surface area contributed by atoms with Crippen LogP contribution in [0.15, 0.2) is 84.4 Å². The summed E-state index contributed by atoms with van der Waals surface area (Å²) in [6.45, 7) is 3.96. The molecule has 0 atom stereocenters. The number of thiocarbonyl (C=S) groups is 1. The number of halogens is 2. The summed E-state index contributed by atoms with van der Waals surface area (Å²) in [4.78, 5) is 27.4. The first-order chi connectivity index (χ1) is 18.7. The molecule has 3 aromatic carbocycles. The van der Waals surface area contributed by atoms with E-state index in [1.165, 1.54) is 11.0 Å². The second kappa shape index (κ2) is 10.8. The van der Waals surface area contributed by atoms with Crippen LogP contribution in [-0.4, -0.2) is 21.5 Å². The van der Waals surface area contributed by atoms with Crippen LogP contribution in [0.1, 0.15) is 22.5 Å². The van der Waals surface area contributed by atoms with Crippen molar-refractivity contribution in [1.29, 1.82) is 0 Å². The minimum absolute atomic E-state index is 0.0296. The van der Waals surface area contributed by atoms with Gasteiger partial charge in [0.15, 0.2) is 5.11 Å². The summed E-state index contributed by atoms with van der Waals surface area (Å²) in [5.41, 5.74) is 4.12. The number of amides is 2. The molecule has 39 heavy (non-hydrogen) atoms. The second-order valence-electron chi connectivity index (χ2n) is 8.95. The van der Waals surface area contributed by atoms with Gasteiger partial charge >= 0.3 is 0 Å². The van der Waals surface area contributed by atoms with Crippen LogP contribution in [0.25, 0.3) is 11.8 Å². The summed E-state index contributed by atoms with van der Waals surface area (Å²) in [6.07, 6.45) is 1.56. The van der Waals surface area contributed by atoms with Crippen molar-refractivity contribution < 1.29 is 18.7 Å². The summed E-state index contributed by atoms with van der Waals surface area (Å²) in [5.74, 6) is -0.837. The first kappa shape index (κ1) is 26.3. The number of para-hydroxylation sites is 1. The van der Waals surface area contributed by atoms with Crippen molar-refractivity contribution in [3.8, 4) is 11.4 Å². The second-order valence-corrected chi connectivity index (χ2v) is 9.74. The molecule has 0 saturated carbocycles. The van der Waals surface area contributed by atoms with E-state index < -0.39 is 11.8 Å². The fraction of sp³-hybridized carbons (Fsp3) is 0.100. The third-order valence-corrected chi connectivity index (χ3v) is 7.02. The molecule has 1 saturated heterocycles. The molecule has 5 rings (SSSR count). The molecule has 196 valence electrons. The average molecular weight is 560 g/mol. The molecule has 0 radical (unpaired) electrons. The highest BCUT2D eigenvalue weighted by atomic mass is 35.5. The Balaban J connectivity index is 1.41. The summed E-state index contributed by atoms with van der Waals surface area (Å²) < 4.78 is 21.6. The lowest BCUT2D eigenvalue weighted by Gasteiger charge is -2.29. The van der Waals surface area contributed by atoms with Gasteiger partial charge in [0.2, 0.25) is 0 Å². The van der Waals surface area contributed by atoms with E-state index in [9.17, 15) is 14.0 Å². The quantitative estimate of drug-likeness (QED) is 0.171. The van der Waals surface area contributed by atoms with Gasteiger partial charge in [-0.05, 0) is 86.2 Å². The number of anilines is 1. The fourth-order valence-corrected chi connectivity index (χ4v) is 4.96. The molecule has 2 heterocycles. The number of hydrogen-bond acceptors (Lipinski definition) is 4. The maximum Gasteiger partial charge on any atom is 0.270 e. The lowest BCUT2D eigenvalue weighted by Crippen LogP contribution is -2.54. The highest BCUT2D eigenvalue weighted by molar-refractivity contribution is 7.80. The molecule has 1 aromatic heterocycles. The zero-order valence-electron chi connectivity index (χ0n) is 21.1. The molecule has 1 fully saturated rings. The zero-order valence-corrected chi connectivity index (χ0v) is 22.6. The van der Waals surface area contributed by atoms with Gasteiger partial charge < -0.3 is 9.30 Å². The summed E-state index contributed by atoms with van der Waals surface area (Å²) >= 11 is 11.6. The molecule has 1 aliphatic rings. The summed E-state index contributed by atoms with van der Waals surface area (Å²) in [7, 11) is 0. The monoisotopic (exact) mass is 559 g/mol. The number of hydrogen-bond donors (Lipinski definition) is 1. The molecule has 0 aliphatic carbocycles. The predicted octanol–water partition coefficient (Wildman–Crippen LogP) is 6.30. The van der Waals surface area contributed by atoms with Gasteiger partial charge in [0, 0.05) is 22.6 Å². The van der Waals surface area contributed by atoms with E-state index in [4.69, 9.17) is 28.6 Å². The highest BCUT2D eigenvalue weighted by Crippen LogP contribution is 2.30. The van der Waals surface area contributed by atoms with Gasteiger partial charge in [-0.3, -0.25) is 19.8 Å². The van der Waals surface area contributed by atoms with Crippen molar-refractivity contribution in [3.05, 3.63) is 118 Å². The van der Waals surface area contributed by atoms with Gasteiger partial charge in [0.05, 0.1) is 10.7 Å². The fourth-order valence-electron chi connectivity index (χ4n) is 4.46. The normalized spacial score (nSPS) is 14.6. The lowest BCUT2D eigenvalue weighted by molar-refractivity contribution is -0.122. The third-order valence-electron chi connectivity index (χ3n) is 6.41. The van der Waals surface area contributed by atoms with Gasteiger partial charge in [-0.1, -0.05) is 41.9 Å². The van der Waals surface area contributed by atoms with Crippen molar-refractivity contribution in [2.24, 2.45) is 0 Å². The lowest BCUT2D eigenvalue weighted by atomic mass is 10.1. The number of carbonyl (C=O) groups excluding carboxylic acids is 2. The van der Waals surface area contributed by atoms with E-state index in [1.807, 2.05) is 48.7 Å². The van der Waals surface area contributed by atoms with Crippen LogP contribution in [0.2, 0.25) is 5.02 Å². The standard InChI is InChI=1S/C30H23ClFN3O3S/c1-18-15-21(16-24-28(36)33-30(39)35(29(24)37)27-10-6-4-8-25(27)31)19(2)34(18)22-11-13-23(14-12-22)38-17-20-7-3-5-9-26(20)32/h3-16H,17H2,1-2H3,(H,33,36,39)/b24-16+. The smallest absolute Gasteiger partial charge is 0.270 e. The highest BCUT2D eigenvalue weighted by Gasteiger charge is 2.35. The molecule has 0 unspecified atom stereocenters. The summed E-state index contributed by atoms with van der Waals surface area (Å²) in [5, 5.41) is 2.90. The Bertz CT molecular complexity index is 1650. The number of aryl methyl sites for hydroxylation is 1. The van der Waals surface area contributed by atoms with Gasteiger partial charge in [-0.2, -0.15) is 0 Å². The maximum absolute atomic E-state index is 13.9. The van der Waals surface area contributed by atoms with Crippen LogP contribution in [0, 0.1) is 19.7 Å². The SMILES string of the molecule is Cc1cc(/C=C2\C(=O)NC(=S)N(c3ccccc3Cl)C2=O)c(C)n1-c1ccc(OCc2ccccc2F)cc1. The Labute approximate surface area is 235 Å². The minimum atomic E-state index is -0.575. The van der Waals surface area contributed by atoms with Crippen LogP contribution >= 0.6 is 23.8 Å². The molecule has 2 amide bonds. The van der Waals surface area contributed by atoms with E-state index >= 15 is 0 Å². The Kier molecular flexibility index (Phi) is 7.32. The Morgan fingerprint density at radius 1 is 1.00 bits per heavy atom. The molecule has 4 aromatic rings. The van der Waals surface area contributed by atoms with Crippen molar-refractivity contribution in [2.75, 3.05) is 4.90 Å². The number of ether oxygens (including phenoxy) is 1. The largest absolute Gasteiger partial charge is 0.489 e. The number of rotatable bonds is 6. The van der Waals surface area contributed by atoms with Crippen molar-refractivity contribution in [3.63, 3.8) is 0 Å². The van der Waals surface area contributed by atoms with E-state index in [2.05, 4.69) is 5.32 Å². The van der Waals surface area contributed by atoms with Gasteiger partial charge in [0.25, 0.3) is 11.8 Å². The van der Waals surface area contributed by atoms with E-state index in [1.54, 1.807) is 48.5 Å². The first-order valence-corrected chi connectivity index (χ1v) is 12.8. The topological polar surface area (TPSA) is 63.6 Å². The molecule has 6 nitrogen and oxygen atoms in total. The molecule has 1 aliphatic heterocycles. The first-order valence-electron chi connectivity index (χ1n) is 12.1. The number of aromatic nitrogens is 1. The molecule has 0 bridgehead atoms. The zero-order chi connectivity index (χ0) is 27.7. The Hall–Kier alpha value is -4.27. The van der Waals surface area contributed by atoms with Crippen LogP contribution in [0.3, 0.4) is 0 Å². The van der Waals surface area contributed by atoms with Gasteiger partial charge in [0.1, 0.15) is 23.7 Å². The number of nitrogens with zero attached hydrogens (tertiary/aromatic N) is 2. The van der Waals surface area contributed by atoms with E-state index in [-0.39, 0.29) is 23.1 Å².